The van der Waals surface area contributed by atoms with E-state index < -0.39 is 0 Å². The molecule has 1 fully saturated rings. The summed E-state index contributed by atoms with van der Waals surface area (Å²) in [6.45, 7) is 3.19. The van der Waals surface area contributed by atoms with Crippen molar-refractivity contribution in [3.8, 4) is 34.0 Å². The predicted octanol–water partition coefficient (Wildman–Crippen LogP) is 5.75. The average molecular weight is 505 g/mol. The second-order valence-electron chi connectivity index (χ2n) is 9.73. The highest BCUT2D eigenvalue weighted by Crippen LogP contribution is 2.31. The number of halogens is 1. The highest BCUT2D eigenvalue weighted by molar-refractivity contribution is 5.95. The molecule has 38 heavy (non-hydrogen) atoms. The summed E-state index contributed by atoms with van der Waals surface area (Å²) in [5, 5.41) is 7.61. The molecule has 0 atom stereocenters. The Kier molecular flexibility index (Phi) is 5.62. The molecular formula is C29H25FN8. The second-order valence-corrected chi connectivity index (χ2v) is 9.73. The molecule has 0 amide bonds. The standard InChI is InChI=1S/C29H25FN8/c30-21-6-4-19(5-7-21)25-26-23(10-11-32-25)34-29(35-26)28-27-24(36-37-28)9-8-22(33-27)20-14-18(15-31-16-20)17-38-12-2-1-3-13-38/h4-11,14-16H,1-3,12-13,17H2,(H,34,35)(H,36,37). The lowest BCUT2D eigenvalue weighted by atomic mass is 10.1. The Morgan fingerprint density at radius 3 is 2.53 bits per heavy atom. The number of hydrogen-bond acceptors (Lipinski definition) is 6. The number of aromatic amines is 2. The number of H-pyrrole nitrogens is 2. The van der Waals surface area contributed by atoms with Gasteiger partial charge < -0.3 is 4.98 Å². The smallest absolute Gasteiger partial charge is 0.161 e. The second kappa shape index (κ2) is 9.42. The first-order valence-electron chi connectivity index (χ1n) is 12.8. The van der Waals surface area contributed by atoms with E-state index in [2.05, 4.69) is 36.1 Å². The van der Waals surface area contributed by atoms with Gasteiger partial charge in [-0.15, -0.1) is 0 Å². The minimum absolute atomic E-state index is 0.291. The summed E-state index contributed by atoms with van der Waals surface area (Å²) in [5.74, 6) is 0.296. The molecule has 0 unspecified atom stereocenters. The lowest BCUT2D eigenvalue weighted by molar-refractivity contribution is 0.220. The molecule has 7 rings (SSSR count). The molecule has 1 aromatic carbocycles. The zero-order valence-corrected chi connectivity index (χ0v) is 20.7. The largest absolute Gasteiger partial charge is 0.336 e. The van der Waals surface area contributed by atoms with Crippen LogP contribution in [0.2, 0.25) is 0 Å². The molecule has 1 saturated heterocycles. The van der Waals surface area contributed by atoms with Crippen molar-refractivity contribution in [2.45, 2.75) is 25.8 Å². The first-order chi connectivity index (χ1) is 18.7. The predicted molar refractivity (Wildman–Crippen MR) is 145 cm³/mol. The SMILES string of the molecule is Fc1ccc(-c2nccc3[nH]c(-c4n[nH]c5ccc(-c6cncc(CN7CCCCC7)c6)nc45)nc23)cc1. The summed E-state index contributed by atoms with van der Waals surface area (Å²) < 4.78 is 13.5. The van der Waals surface area contributed by atoms with Crippen molar-refractivity contribution in [1.29, 1.82) is 0 Å². The Hall–Kier alpha value is -4.50. The number of aromatic nitrogens is 7. The maximum atomic E-state index is 13.5. The molecule has 9 heteroatoms. The van der Waals surface area contributed by atoms with E-state index in [-0.39, 0.29) is 5.82 Å². The van der Waals surface area contributed by atoms with Gasteiger partial charge in [0.15, 0.2) is 11.5 Å². The van der Waals surface area contributed by atoms with Gasteiger partial charge in [-0.05, 0) is 80.0 Å². The molecule has 1 aliphatic heterocycles. The number of imidazole rings is 1. The van der Waals surface area contributed by atoms with Gasteiger partial charge in [-0.3, -0.25) is 20.0 Å². The normalized spacial score (nSPS) is 14.4. The number of nitrogens with zero attached hydrogens (tertiary/aromatic N) is 6. The number of fused-ring (bicyclic) bond motifs is 2. The van der Waals surface area contributed by atoms with Crippen molar-refractivity contribution < 1.29 is 4.39 Å². The molecule has 0 spiro atoms. The van der Waals surface area contributed by atoms with Gasteiger partial charge in [0.25, 0.3) is 0 Å². The van der Waals surface area contributed by atoms with Crippen molar-refractivity contribution in [3.63, 3.8) is 0 Å². The van der Waals surface area contributed by atoms with Crippen LogP contribution in [0.5, 0.6) is 0 Å². The van der Waals surface area contributed by atoms with E-state index in [0.717, 1.165) is 53.0 Å². The van der Waals surface area contributed by atoms with Gasteiger partial charge in [-0.25, -0.2) is 14.4 Å². The molecule has 2 N–H and O–H groups in total. The van der Waals surface area contributed by atoms with Crippen molar-refractivity contribution in [3.05, 3.63) is 78.5 Å². The van der Waals surface area contributed by atoms with Crippen molar-refractivity contribution in [2.75, 3.05) is 13.1 Å². The van der Waals surface area contributed by atoms with E-state index in [4.69, 9.17) is 9.97 Å². The Morgan fingerprint density at radius 1 is 0.816 bits per heavy atom. The monoisotopic (exact) mass is 504 g/mol. The number of nitrogens with one attached hydrogen (secondary N) is 2. The van der Waals surface area contributed by atoms with Gasteiger partial charge in [0.1, 0.15) is 16.9 Å². The number of benzene rings is 1. The zero-order chi connectivity index (χ0) is 25.5. The molecule has 0 radical (unpaired) electrons. The van der Waals surface area contributed by atoms with Crippen LogP contribution in [0.15, 0.2) is 67.1 Å². The highest BCUT2D eigenvalue weighted by atomic mass is 19.1. The van der Waals surface area contributed by atoms with Crippen LogP contribution in [-0.4, -0.2) is 53.1 Å². The van der Waals surface area contributed by atoms with Gasteiger partial charge in [-0.2, -0.15) is 5.10 Å². The minimum Gasteiger partial charge on any atom is -0.336 e. The summed E-state index contributed by atoms with van der Waals surface area (Å²) in [5.41, 5.74) is 8.13. The third-order valence-corrected chi connectivity index (χ3v) is 7.10. The summed E-state index contributed by atoms with van der Waals surface area (Å²) in [4.78, 5) is 24.7. The van der Waals surface area contributed by atoms with E-state index in [1.165, 1.54) is 37.0 Å². The zero-order valence-electron chi connectivity index (χ0n) is 20.7. The summed E-state index contributed by atoms with van der Waals surface area (Å²) >= 11 is 0. The third-order valence-electron chi connectivity index (χ3n) is 7.10. The van der Waals surface area contributed by atoms with Crippen molar-refractivity contribution in [2.24, 2.45) is 0 Å². The van der Waals surface area contributed by atoms with E-state index >= 15 is 0 Å². The molecule has 6 heterocycles. The summed E-state index contributed by atoms with van der Waals surface area (Å²) in [6.07, 6.45) is 9.36. The Bertz CT molecular complexity index is 1750. The molecule has 8 nitrogen and oxygen atoms in total. The van der Waals surface area contributed by atoms with Crippen LogP contribution in [0.25, 0.3) is 56.1 Å². The maximum absolute atomic E-state index is 13.5. The number of piperidine rings is 1. The lowest BCUT2D eigenvalue weighted by Gasteiger charge is -2.26. The first-order valence-corrected chi connectivity index (χ1v) is 12.8. The molecule has 5 aromatic heterocycles. The van der Waals surface area contributed by atoms with Crippen LogP contribution in [0.4, 0.5) is 4.39 Å². The molecule has 1 aliphatic rings. The molecule has 0 bridgehead atoms. The Morgan fingerprint density at radius 2 is 1.66 bits per heavy atom. The first kappa shape index (κ1) is 22.7. The van der Waals surface area contributed by atoms with Gasteiger partial charge >= 0.3 is 0 Å². The Balaban J connectivity index is 1.25. The summed E-state index contributed by atoms with van der Waals surface area (Å²) in [7, 11) is 0. The van der Waals surface area contributed by atoms with Crippen LogP contribution >= 0.6 is 0 Å². The molecule has 188 valence electrons. The van der Waals surface area contributed by atoms with Gasteiger partial charge in [-0.1, -0.05) is 6.42 Å². The topological polar surface area (TPSA) is 99.3 Å². The van der Waals surface area contributed by atoms with Crippen LogP contribution < -0.4 is 0 Å². The third kappa shape index (κ3) is 4.20. The van der Waals surface area contributed by atoms with Crippen LogP contribution in [0.1, 0.15) is 24.8 Å². The van der Waals surface area contributed by atoms with Crippen LogP contribution in [0, 0.1) is 5.82 Å². The lowest BCUT2D eigenvalue weighted by Crippen LogP contribution is -2.29. The number of rotatable bonds is 5. The number of likely N-dealkylation sites (tertiary alicyclic amines) is 1. The average Bonchev–Trinajstić information content (AvgIpc) is 3.58. The highest BCUT2D eigenvalue weighted by Gasteiger charge is 2.18. The summed E-state index contributed by atoms with van der Waals surface area (Å²) in [6, 6.07) is 14.3. The van der Waals surface area contributed by atoms with E-state index in [1.54, 1.807) is 18.3 Å². The number of hydrogen-bond donors (Lipinski definition) is 2. The maximum Gasteiger partial charge on any atom is 0.161 e. The van der Waals surface area contributed by atoms with E-state index in [1.807, 2.05) is 30.6 Å². The van der Waals surface area contributed by atoms with Crippen LogP contribution in [0.3, 0.4) is 0 Å². The molecule has 0 aliphatic carbocycles. The minimum atomic E-state index is -0.291. The van der Waals surface area contributed by atoms with Gasteiger partial charge in [0.05, 0.1) is 22.4 Å². The molecular weight excluding hydrogens is 479 g/mol. The van der Waals surface area contributed by atoms with Gasteiger partial charge in [0, 0.05) is 36.3 Å². The molecule has 0 saturated carbocycles. The van der Waals surface area contributed by atoms with Crippen molar-refractivity contribution >= 4 is 22.1 Å². The fourth-order valence-corrected chi connectivity index (χ4v) is 5.18. The Labute approximate surface area is 218 Å². The van der Waals surface area contributed by atoms with E-state index in [0.29, 0.717) is 22.7 Å². The fourth-order valence-electron chi connectivity index (χ4n) is 5.18. The fraction of sp³-hybridized carbons (Fsp3) is 0.207. The van der Waals surface area contributed by atoms with Gasteiger partial charge in [0.2, 0.25) is 0 Å². The van der Waals surface area contributed by atoms with E-state index in [9.17, 15) is 4.39 Å². The quantitative estimate of drug-likeness (QED) is 0.310. The molecule has 6 aromatic rings. The van der Waals surface area contributed by atoms with Crippen molar-refractivity contribution in [1.82, 2.24) is 40.0 Å². The number of pyridine rings is 3. The van der Waals surface area contributed by atoms with Crippen LogP contribution in [-0.2, 0) is 6.54 Å².